The minimum atomic E-state index is 0.707. The smallest absolute Gasteiger partial charge is 0.172 e. The summed E-state index contributed by atoms with van der Waals surface area (Å²) in [4.78, 5) is 4.40. The Morgan fingerprint density at radius 1 is 1.11 bits per heavy atom. The highest BCUT2D eigenvalue weighted by molar-refractivity contribution is 6.35. The summed E-state index contributed by atoms with van der Waals surface area (Å²) >= 11 is 6.53. The third kappa shape index (κ3) is 2.75. The van der Waals surface area contributed by atoms with Crippen LogP contribution in [0, 0.1) is 0 Å². The van der Waals surface area contributed by atoms with E-state index in [-0.39, 0.29) is 0 Å². The molecule has 0 amide bonds. The standard InChI is InChI=1S/C12H18ClN5O/c13-11-10(17-5-7-19-8-6-17)9-15-16-12(11)18-3-1-14-2-4-18/h9,14H,1-8H2. The molecule has 0 aliphatic carbocycles. The number of piperazine rings is 1. The number of hydrogen-bond acceptors (Lipinski definition) is 6. The van der Waals surface area contributed by atoms with Crippen LogP contribution in [-0.2, 0) is 4.74 Å². The van der Waals surface area contributed by atoms with Crippen LogP contribution >= 0.6 is 11.6 Å². The second-order valence-electron chi connectivity index (χ2n) is 4.70. The van der Waals surface area contributed by atoms with E-state index < -0.39 is 0 Å². The first-order chi connectivity index (χ1) is 9.36. The first-order valence-electron chi connectivity index (χ1n) is 6.66. The van der Waals surface area contributed by atoms with E-state index in [4.69, 9.17) is 16.3 Å². The van der Waals surface area contributed by atoms with Gasteiger partial charge in [0.1, 0.15) is 5.02 Å². The molecule has 1 aromatic heterocycles. The van der Waals surface area contributed by atoms with Crippen molar-refractivity contribution in [1.82, 2.24) is 15.5 Å². The van der Waals surface area contributed by atoms with Crippen LogP contribution in [0.25, 0.3) is 0 Å². The Hall–Kier alpha value is -1.11. The van der Waals surface area contributed by atoms with Gasteiger partial charge in [0, 0.05) is 39.3 Å². The van der Waals surface area contributed by atoms with Gasteiger partial charge in [0.25, 0.3) is 0 Å². The molecule has 0 saturated carbocycles. The lowest BCUT2D eigenvalue weighted by Gasteiger charge is -2.32. The molecule has 2 aliphatic rings. The third-order valence-corrected chi connectivity index (χ3v) is 3.88. The highest BCUT2D eigenvalue weighted by Gasteiger charge is 2.21. The van der Waals surface area contributed by atoms with E-state index in [1.54, 1.807) is 6.20 Å². The van der Waals surface area contributed by atoms with Gasteiger partial charge in [0.05, 0.1) is 25.1 Å². The van der Waals surface area contributed by atoms with Crippen LogP contribution in [0.5, 0.6) is 0 Å². The molecule has 0 atom stereocenters. The summed E-state index contributed by atoms with van der Waals surface area (Å²) in [5.41, 5.74) is 0.966. The van der Waals surface area contributed by atoms with Gasteiger partial charge in [-0.25, -0.2) is 0 Å². The molecule has 7 heteroatoms. The zero-order valence-corrected chi connectivity index (χ0v) is 11.6. The average Bonchev–Trinajstić information content (AvgIpc) is 2.49. The number of rotatable bonds is 2. The van der Waals surface area contributed by atoms with Crippen LogP contribution in [0.3, 0.4) is 0 Å². The lowest BCUT2D eigenvalue weighted by molar-refractivity contribution is 0.122. The Bertz CT molecular complexity index is 396. The van der Waals surface area contributed by atoms with Crippen LogP contribution in [0.1, 0.15) is 0 Å². The zero-order valence-electron chi connectivity index (χ0n) is 10.8. The lowest BCUT2D eigenvalue weighted by atomic mass is 10.3. The monoisotopic (exact) mass is 283 g/mol. The van der Waals surface area contributed by atoms with E-state index in [2.05, 4.69) is 25.3 Å². The van der Waals surface area contributed by atoms with Gasteiger partial charge in [0.15, 0.2) is 5.82 Å². The second-order valence-corrected chi connectivity index (χ2v) is 5.08. The summed E-state index contributed by atoms with van der Waals surface area (Å²) < 4.78 is 5.37. The quantitative estimate of drug-likeness (QED) is 0.847. The van der Waals surface area contributed by atoms with E-state index in [0.717, 1.165) is 64.0 Å². The van der Waals surface area contributed by atoms with Crippen LogP contribution in [0.4, 0.5) is 11.5 Å². The Balaban J connectivity index is 1.84. The van der Waals surface area contributed by atoms with E-state index in [1.165, 1.54) is 0 Å². The van der Waals surface area contributed by atoms with Crippen molar-refractivity contribution in [2.75, 3.05) is 62.3 Å². The van der Waals surface area contributed by atoms with Crippen molar-refractivity contribution in [2.45, 2.75) is 0 Å². The van der Waals surface area contributed by atoms with E-state index in [9.17, 15) is 0 Å². The van der Waals surface area contributed by atoms with Crippen molar-refractivity contribution in [2.24, 2.45) is 0 Å². The minimum absolute atomic E-state index is 0.707. The maximum atomic E-state index is 6.53. The van der Waals surface area contributed by atoms with Gasteiger partial charge in [-0.3, -0.25) is 0 Å². The fraction of sp³-hybridized carbons (Fsp3) is 0.667. The zero-order chi connectivity index (χ0) is 13.1. The number of nitrogens with one attached hydrogen (secondary N) is 1. The molecule has 2 saturated heterocycles. The maximum Gasteiger partial charge on any atom is 0.172 e. The van der Waals surface area contributed by atoms with Crippen LogP contribution < -0.4 is 15.1 Å². The molecule has 0 radical (unpaired) electrons. The third-order valence-electron chi connectivity index (χ3n) is 3.52. The molecule has 3 rings (SSSR count). The molecule has 19 heavy (non-hydrogen) atoms. The molecule has 0 unspecified atom stereocenters. The molecule has 2 aliphatic heterocycles. The molecule has 0 spiro atoms. The Kier molecular flexibility index (Phi) is 4.00. The summed E-state index contributed by atoms with van der Waals surface area (Å²) in [6.45, 7) is 6.93. The number of morpholine rings is 1. The van der Waals surface area contributed by atoms with Gasteiger partial charge in [-0.15, -0.1) is 5.10 Å². The van der Waals surface area contributed by atoms with Crippen molar-refractivity contribution in [3.05, 3.63) is 11.2 Å². The van der Waals surface area contributed by atoms with Crippen molar-refractivity contribution < 1.29 is 4.74 Å². The molecule has 3 heterocycles. The number of hydrogen-bond donors (Lipinski definition) is 1. The second kappa shape index (κ2) is 5.90. The first-order valence-corrected chi connectivity index (χ1v) is 7.03. The predicted molar refractivity (Wildman–Crippen MR) is 75.2 cm³/mol. The molecule has 6 nitrogen and oxygen atoms in total. The molecular weight excluding hydrogens is 266 g/mol. The fourth-order valence-corrected chi connectivity index (χ4v) is 2.78. The summed E-state index contributed by atoms with van der Waals surface area (Å²) in [7, 11) is 0. The molecule has 0 aromatic carbocycles. The number of anilines is 2. The number of ether oxygens (including phenoxy) is 1. The number of nitrogens with zero attached hydrogens (tertiary/aromatic N) is 4. The summed E-state index contributed by atoms with van der Waals surface area (Å²) in [5, 5.41) is 12.4. The fourth-order valence-electron chi connectivity index (χ4n) is 2.46. The molecular formula is C12H18ClN5O. The number of halogens is 1. The van der Waals surface area contributed by atoms with Crippen LogP contribution in [0.2, 0.25) is 5.02 Å². The van der Waals surface area contributed by atoms with Gasteiger partial charge in [-0.1, -0.05) is 11.6 Å². The maximum absolute atomic E-state index is 6.53. The summed E-state index contributed by atoms with van der Waals surface area (Å²) in [5.74, 6) is 0.798. The molecule has 1 aromatic rings. The van der Waals surface area contributed by atoms with Gasteiger partial charge in [0.2, 0.25) is 0 Å². The van der Waals surface area contributed by atoms with Gasteiger partial charge >= 0.3 is 0 Å². The predicted octanol–water partition coefficient (Wildman–Crippen LogP) is 0.376. The molecule has 2 fully saturated rings. The van der Waals surface area contributed by atoms with Crippen molar-refractivity contribution in [3.8, 4) is 0 Å². The normalized spacial score (nSPS) is 20.7. The van der Waals surface area contributed by atoms with Gasteiger partial charge in [-0.2, -0.15) is 5.10 Å². The van der Waals surface area contributed by atoms with E-state index in [0.29, 0.717) is 5.02 Å². The van der Waals surface area contributed by atoms with Crippen LogP contribution in [-0.4, -0.2) is 62.7 Å². The van der Waals surface area contributed by atoms with Crippen LogP contribution in [0.15, 0.2) is 6.20 Å². The Morgan fingerprint density at radius 3 is 2.58 bits per heavy atom. The van der Waals surface area contributed by atoms with Gasteiger partial charge in [-0.05, 0) is 0 Å². The molecule has 1 N–H and O–H groups in total. The summed E-state index contributed by atoms with van der Waals surface area (Å²) in [6, 6.07) is 0. The average molecular weight is 284 g/mol. The minimum Gasteiger partial charge on any atom is -0.378 e. The number of aromatic nitrogens is 2. The highest BCUT2D eigenvalue weighted by Crippen LogP contribution is 2.32. The SMILES string of the molecule is Clc1c(N2CCOCC2)cnnc1N1CCNCC1. The summed E-state index contributed by atoms with van der Waals surface area (Å²) in [6.07, 6.45) is 1.75. The first kappa shape index (κ1) is 12.9. The lowest BCUT2D eigenvalue weighted by Crippen LogP contribution is -2.44. The topological polar surface area (TPSA) is 53.5 Å². The van der Waals surface area contributed by atoms with Crippen molar-refractivity contribution in [3.63, 3.8) is 0 Å². The van der Waals surface area contributed by atoms with Gasteiger partial charge < -0.3 is 19.9 Å². The van der Waals surface area contributed by atoms with E-state index >= 15 is 0 Å². The van der Waals surface area contributed by atoms with Crippen molar-refractivity contribution >= 4 is 23.1 Å². The molecule has 104 valence electrons. The largest absolute Gasteiger partial charge is 0.378 e. The van der Waals surface area contributed by atoms with Crippen molar-refractivity contribution in [1.29, 1.82) is 0 Å². The van der Waals surface area contributed by atoms with E-state index in [1.807, 2.05) is 0 Å². The highest BCUT2D eigenvalue weighted by atomic mass is 35.5. The Morgan fingerprint density at radius 2 is 1.84 bits per heavy atom. The Labute approximate surface area is 117 Å². The molecule has 0 bridgehead atoms.